The van der Waals surface area contributed by atoms with Crippen molar-refractivity contribution in [1.29, 1.82) is 0 Å². The molecule has 6 rings (SSSR count). The lowest BCUT2D eigenvalue weighted by Gasteiger charge is -2.32. The van der Waals surface area contributed by atoms with E-state index in [1.807, 2.05) is 35.1 Å². The first kappa shape index (κ1) is 25.6. The van der Waals surface area contributed by atoms with Gasteiger partial charge in [0.1, 0.15) is 11.6 Å². The van der Waals surface area contributed by atoms with Crippen LogP contribution in [0.3, 0.4) is 0 Å². The van der Waals surface area contributed by atoms with Crippen LogP contribution >= 0.6 is 0 Å². The Morgan fingerprint density at radius 3 is 2.45 bits per heavy atom. The molecular formula is C31H32N6O3. The average molecular weight is 537 g/mol. The zero-order valence-electron chi connectivity index (χ0n) is 22.6. The summed E-state index contributed by atoms with van der Waals surface area (Å²) in [6.07, 6.45) is 3.79. The third-order valence-electron chi connectivity index (χ3n) is 7.36. The Kier molecular flexibility index (Phi) is 7.20. The minimum Gasteiger partial charge on any atom is -0.508 e. The van der Waals surface area contributed by atoms with E-state index in [9.17, 15) is 5.11 Å². The Morgan fingerprint density at radius 2 is 1.70 bits per heavy atom. The van der Waals surface area contributed by atoms with Gasteiger partial charge in [-0.25, -0.2) is 14.6 Å². The van der Waals surface area contributed by atoms with Gasteiger partial charge in [-0.3, -0.25) is 4.90 Å². The minimum atomic E-state index is 0.162. The molecule has 0 amide bonds. The molecule has 40 heavy (non-hydrogen) atoms. The molecule has 9 nitrogen and oxygen atoms in total. The van der Waals surface area contributed by atoms with Gasteiger partial charge in [-0.1, -0.05) is 42.5 Å². The molecule has 9 heteroatoms. The van der Waals surface area contributed by atoms with Gasteiger partial charge in [0.2, 0.25) is 0 Å². The van der Waals surface area contributed by atoms with Crippen molar-refractivity contribution in [3.63, 3.8) is 0 Å². The molecule has 3 aromatic carbocycles. The van der Waals surface area contributed by atoms with Crippen LogP contribution in [-0.2, 0) is 6.54 Å². The smallest absolute Gasteiger partial charge is 0.164 e. The van der Waals surface area contributed by atoms with Crippen LogP contribution in [0.15, 0.2) is 79.0 Å². The first-order valence-electron chi connectivity index (χ1n) is 13.4. The maximum Gasteiger partial charge on any atom is 0.164 e. The molecule has 1 saturated heterocycles. The number of hydrogen-bond acceptors (Lipinski definition) is 8. The number of rotatable bonds is 8. The SMILES string of the molecule is COc1ccc(Nc2nc(-c3cccc(O)c3)nc3c2cnn3C2CCN(Cc3ccccc3)CC2)cc1OC. The first-order chi connectivity index (χ1) is 19.6. The molecule has 1 aliphatic heterocycles. The van der Waals surface area contributed by atoms with Gasteiger partial charge in [-0.15, -0.1) is 0 Å². The zero-order valence-corrected chi connectivity index (χ0v) is 22.6. The summed E-state index contributed by atoms with van der Waals surface area (Å²) in [6.45, 7) is 2.93. The molecule has 0 unspecified atom stereocenters. The van der Waals surface area contributed by atoms with Crippen molar-refractivity contribution in [3.05, 3.63) is 84.6 Å². The Balaban J connectivity index is 1.33. The van der Waals surface area contributed by atoms with E-state index in [0.29, 0.717) is 23.1 Å². The van der Waals surface area contributed by atoms with Gasteiger partial charge in [0.25, 0.3) is 0 Å². The minimum absolute atomic E-state index is 0.162. The Labute approximate surface area is 233 Å². The molecule has 2 N–H and O–H groups in total. The number of aromatic hydroxyl groups is 1. The number of phenolic OH excluding ortho intramolecular Hbond substituents is 1. The average Bonchev–Trinajstić information content (AvgIpc) is 3.42. The molecule has 0 atom stereocenters. The van der Waals surface area contributed by atoms with E-state index >= 15 is 0 Å². The highest BCUT2D eigenvalue weighted by Gasteiger charge is 2.25. The zero-order chi connectivity index (χ0) is 27.5. The van der Waals surface area contributed by atoms with Gasteiger partial charge in [0, 0.05) is 37.0 Å². The summed E-state index contributed by atoms with van der Waals surface area (Å²) in [5, 5.41) is 19.2. The normalized spacial score (nSPS) is 14.3. The van der Waals surface area contributed by atoms with Crippen LogP contribution in [0.2, 0.25) is 0 Å². The molecule has 204 valence electrons. The topological polar surface area (TPSA) is 97.6 Å². The fourth-order valence-electron chi connectivity index (χ4n) is 5.28. The number of phenols is 1. The Morgan fingerprint density at radius 1 is 0.900 bits per heavy atom. The van der Waals surface area contributed by atoms with E-state index in [-0.39, 0.29) is 11.8 Å². The monoisotopic (exact) mass is 536 g/mol. The van der Waals surface area contributed by atoms with Crippen molar-refractivity contribution >= 4 is 22.5 Å². The van der Waals surface area contributed by atoms with Crippen molar-refractivity contribution in [2.24, 2.45) is 0 Å². The lowest BCUT2D eigenvalue weighted by atomic mass is 10.0. The molecular weight excluding hydrogens is 504 g/mol. The molecule has 0 radical (unpaired) electrons. The third-order valence-corrected chi connectivity index (χ3v) is 7.36. The van der Waals surface area contributed by atoms with Gasteiger partial charge >= 0.3 is 0 Å². The van der Waals surface area contributed by atoms with Crippen molar-refractivity contribution < 1.29 is 14.6 Å². The van der Waals surface area contributed by atoms with E-state index in [0.717, 1.165) is 54.8 Å². The predicted molar refractivity (Wildman–Crippen MR) is 155 cm³/mol. The van der Waals surface area contributed by atoms with E-state index in [1.165, 1.54) is 5.56 Å². The summed E-state index contributed by atoms with van der Waals surface area (Å²) in [6, 6.07) is 23.5. The summed E-state index contributed by atoms with van der Waals surface area (Å²) in [7, 11) is 3.22. The highest BCUT2D eigenvalue weighted by molar-refractivity contribution is 5.90. The van der Waals surface area contributed by atoms with Gasteiger partial charge in [-0.05, 0) is 42.7 Å². The summed E-state index contributed by atoms with van der Waals surface area (Å²) >= 11 is 0. The van der Waals surface area contributed by atoms with E-state index in [4.69, 9.17) is 24.5 Å². The molecule has 0 bridgehead atoms. The molecule has 1 aliphatic rings. The van der Waals surface area contributed by atoms with Gasteiger partial charge in [-0.2, -0.15) is 5.10 Å². The molecule has 0 saturated carbocycles. The van der Waals surface area contributed by atoms with Crippen molar-refractivity contribution in [3.8, 4) is 28.6 Å². The second kappa shape index (κ2) is 11.2. The number of hydrogen-bond donors (Lipinski definition) is 2. The molecule has 0 spiro atoms. The molecule has 1 fully saturated rings. The molecule has 2 aromatic heterocycles. The number of nitrogens with zero attached hydrogens (tertiary/aromatic N) is 5. The van der Waals surface area contributed by atoms with Gasteiger partial charge < -0.3 is 19.9 Å². The van der Waals surface area contributed by atoms with Gasteiger partial charge in [0.15, 0.2) is 23.0 Å². The molecule has 5 aromatic rings. The van der Waals surface area contributed by atoms with Gasteiger partial charge in [0.05, 0.1) is 31.8 Å². The quantitative estimate of drug-likeness (QED) is 0.257. The second-order valence-electron chi connectivity index (χ2n) is 9.96. The van der Waals surface area contributed by atoms with Crippen LogP contribution in [0.25, 0.3) is 22.4 Å². The third kappa shape index (κ3) is 5.28. The number of benzene rings is 3. The van der Waals surface area contributed by atoms with Crippen LogP contribution in [0.5, 0.6) is 17.2 Å². The fraction of sp³-hybridized carbons (Fsp3) is 0.258. The van der Waals surface area contributed by atoms with Crippen LogP contribution in [0.4, 0.5) is 11.5 Å². The number of fused-ring (bicyclic) bond motifs is 1. The van der Waals surface area contributed by atoms with E-state index < -0.39 is 0 Å². The van der Waals surface area contributed by atoms with Crippen LogP contribution in [0, 0.1) is 0 Å². The number of aromatic nitrogens is 4. The summed E-state index contributed by atoms with van der Waals surface area (Å²) in [5.41, 5.74) is 3.61. The maximum absolute atomic E-state index is 10.1. The number of anilines is 2. The standard InChI is InChI=1S/C31H32N6O3/c1-39-27-12-11-23(18-28(27)40-2)33-30-26-19-32-37(31(26)35-29(34-30)22-9-6-10-25(38)17-22)24-13-15-36(16-14-24)20-21-7-4-3-5-8-21/h3-12,17-19,24,38H,13-16,20H2,1-2H3,(H,33,34,35). The van der Waals surface area contributed by atoms with Crippen LogP contribution in [-0.4, -0.2) is 57.1 Å². The molecule has 3 heterocycles. The van der Waals surface area contributed by atoms with Crippen LogP contribution < -0.4 is 14.8 Å². The van der Waals surface area contributed by atoms with Crippen molar-refractivity contribution in [1.82, 2.24) is 24.6 Å². The Hall–Kier alpha value is -4.63. The molecule has 0 aliphatic carbocycles. The summed E-state index contributed by atoms with van der Waals surface area (Å²) in [4.78, 5) is 12.3. The lowest BCUT2D eigenvalue weighted by Crippen LogP contribution is -2.34. The van der Waals surface area contributed by atoms with Crippen LogP contribution in [0.1, 0.15) is 24.4 Å². The van der Waals surface area contributed by atoms with E-state index in [2.05, 4.69) is 40.5 Å². The number of methoxy groups -OCH3 is 2. The Bertz CT molecular complexity index is 1610. The number of piperidine rings is 1. The van der Waals surface area contributed by atoms with Crippen molar-refractivity contribution in [2.45, 2.75) is 25.4 Å². The van der Waals surface area contributed by atoms with E-state index in [1.54, 1.807) is 32.4 Å². The maximum atomic E-state index is 10.1. The summed E-state index contributed by atoms with van der Waals surface area (Å²) in [5.74, 6) is 2.56. The van der Waals surface area contributed by atoms with Crippen molar-refractivity contribution in [2.75, 3.05) is 32.6 Å². The summed E-state index contributed by atoms with van der Waals surface area (Å²) < 4.78 is 12.9. The number of nitrogens with one attached hydrogen (secondary N) is 1. The highest BCUT2D eigenvalue weighted by Crippen LogP contribution is 2.35. The lowest BCUT2D eigenvalue weighted by molar-refractivity contribution is 0.175. The largest absolute Gasteiger partial charge is 0.508 e. The highest BCUT2D eigenvalue weighted by atomic mass is 16.5. The second-order valence-corrected chi connectivity index (χ2v) is 9.96. The number of ether oxygens (including phenoxy) is 2. The fourth-order valence-corrected chi connectivity index (χ4v) is 5.28. The number of likely N-dealkylation sites (tertiary alicyclic amines) is 1. The first-order valence-corrected chi connectivity index (χ1v) is 13.4. The predicted octanol–water partition coefficient (Wildman–Crippen LogP) is 5.80.